The predicted molar refractivity (Wildman–Crippen MR) is 119 cm³/mol. The van der Waals surface area contributed by atoms with Gasteiger partial charge in [0.15, 0.2) is 5.60 Å². The molecule has 1 aliphatic carbocycles. The van der Waals surface area contributed by atoms with Crippen LogP contribution in [0.3, 0.4) is 0 Å². The Labute approximate surface area is 177 Å². The normalized spacial score (nSPS) is 14.1. The van der Waals surface area contributed by atoms with E-state index in [1.807, 2.05) is 19.1 Å². The van der Waals surface area contributed by atoms with Crippen LogP contribution in [0.1, 0.15) is 47.6 Å². The maximum absolute atomic E-state index is 13.2. The van der Waals surface area contributed by atoms with Crippen LogP contribution in [0.2, 0.25) is 0 Å². The van der Waals surface area contributed by atoms with Crippen LogP contribution in [-0.2, 0) is 23.2 Å². The summed E-state index contributed by atoms with van der Waals surface area (Å²) in [6.07, 6.45) is 4.67. The summed E-state index contributed by atoms with van der Waals surface area (Å²) in [7, 11) is 0. The molecule has 4 nitrogen and oxygen atoms in total. The van der Waals surface area contributed by atoms with Gasteiger partial charge in [-0.15, -0.1) is 0 Å². The number of fused-ring (bicyclic) bond motifs is 1. The fourth-order valence-corrected chi connectivity index (χ4v) is 4.03. The minimum absolute atomic E-state index is 0.496. The number of nitrogens with zero attached hydrogens (tertiary/aromatic N) is 1. The van der Waals surface area contributed by atoms with Gasteiger partial charge in [0.05, 0.1) is 5.71 Å². The first-order chi connectivity index (χ1) is 14.6. The fourth-order valence-electron chi connectivity index (χ4n) is 4.03. The van der Waals surface area contributed by atoms with E-state index in [1.165, 1.54) is 24.0 Å². The number of rotatable bonds is 5. The number of carbonyl (C=O) groups excluding carboxylic acids is 1. The van der Waals surface area contributed by atoms with Crippen LogP contribution in [-0.4, -0.2) is 16.7 Å². The van der Waals surface area contributed by atoms with E-state index in [-0.39, 0.29) is 0 Å². The summed E-state index contributed by atoms with van der Waals surface area (Å²) in [6.45, 7) is 1.87. The van der Waals surface area contributed by atoms with Crippen LogP contribution in [0.4, 0.5) is 0 Å². The molecule has 0 radical (unpaired) electrons. The average Bonchev–Trinajstić information content (AvgIpc) is 2.82. The number of benzene rings is 3. The zero-order valence-electron chi connectivity index (χ0n) is 17.1. The Hall–Kier alpha value is -3.24. The molecule has 0 aliphatic heterocycles. The Kier molecular flexibility index (Phi) is 5.77. The zero-order valence-corrected chi connectivity index (χ0v) is 17.1. The summed E-state index contributed by atoms with van der Waals surface area (Å²) in [4.78, 5) is 13.2. The lowest BCUT2D eigenvalue weighted by molar-refractivity contribution is -0.136. The number of hydrazone groups is 1. The average molecular weight is 399 g/mol. The van der Waals surface area contributed by atoms with Gasteiger partial charge in [-0.25, -0.2) is 5.43 Å². The van der Waals surface area contributed by atoms with Gasteiger partial charge in [0.2, 0.25) is 0 Å². The highest BCUT2D eigenvalue weighted by Gasteiger charge is 2.39. The largest absolute Gasteiger partial charge is 0.372 e. The molecule has 152 valence electrons. The van der Waals surface area contributed by atoms with Crippen molar-refractivity contribution in [1.82, 2.24) is 5.43 Å². The molecule has 30 heavy (non-hydrogen) atoms. The minimum atomic E-state index is -1.83. The standard InChI is InChI=1S/C26H26N2O2/c1-19(21-17-16-20-10-8-9-11-22(20)18-21)27-28-25(29)26(30,23-12-4-2-5-13-23)24-14-6-3-7-15-24/h2-7,12-18,30H,8-11H2,1H3,(H,28,29)/b27-19-. The van der Waals surface area contributed by atoms with Crippen LogP contribution in [0.25, 0.3) is 0 Å². The quantitative estimate of drug-likeness (QED) is 0.496. The van der Waals surface area contributed by atoms with Crippen LogP contribution in [0.15, 0.2) is 84.0 Å². The molecule has 0 bridgehead atoms. The van der Waals surface area contributed by atoms with Crippen molar-refractivity contribution in [2.24, 2.45) is 5.10 Å². The monoisotopic (exact) mass is 398 g/mol. The Morgan fingerprint density at radius 3 is 2.03 bits per heavy atom. The number of amides is 1. The molecule has 0 fully saturated rings. The molecule has 0 heterocycles. The topological polar surface area (TPSA) is 61.7 Å². The van der Waals surface area contributed by atoms with E-state index in [0.29, 0.717) is 16.8 Å². The van der Waals surface area contributed by atoms with Crippen LogP contribution < -0.4 is 5.43 Å². The molecular weight excluding hydrogens is 372 g/mol. The molecule has 0 aromatic heterocycles. The van der Waals surface area contributed by atoms with E-state index in [4.69, 9.17) is 0 Å². The van der Waals surface area contributed by atoms with Crippen molar-refractivity contribution in [2.75, 3.05) is 0 Å². The van der Waals surface area contributed by atoms with Gasteiger partial charge in [-0.05, 0) is 66.5 Å². The smallest absolute Gasteiger partial charge is 0.281 e. The van der Waals surface area contributed by atoms with Gasteiger partial charge >= 0.3 is 0 Å². The third kappa shape index (κ3) is 3.91. The summed E-state index contributed by atoms with van der Waals surface area (Å²) >= 11 is 0. The maximum atomic E-state index is 13.2. The number of carbonyl (C=O) groups is 1. The van der Waals surface area contributed by atoms with E-state index in [9.17, 15) is 9.90 Å². The summed E-state index contributed by atoms with van der Waals surface area (Å²) in [5, 5.41) is 15.8. The Bertz CT molecular complexity index is 1020. The highest BCUT2D eigenvalue weighted by Crippen LogP contribution is 2.30. The first-order valence-corrected chi connectivity index (χ1v) is 10.4. The van der Waals surface area contributed by atoms with Gasteiger partial charge in [0.25, 0.3) is 5.91 Å². The van der Waals surface area contributed by atoms with Crippen LogP contribution in [0, 0.1) is 0 Å². The first-order valence-electron chi connectivity index (χ1n) is 10.4. The third-order valence-corrected chi connectivity index (χ3v) is 5.80. The van der Waals surface area contributed by atoms with Gasteiger partial charge in [0.1, 0.15) is 0 Å². The molecule has 0 saturated heterocycles. The van der Waals surface area contributed by atoms with Crippen molar-refractivity contribution in [3.63, 3.8) is 0 Å². The molecule has 4 heteroatoms. The van der Waals surface area contributed by atoms with Crippen molar-refractivity contribution in [3.8, 4) is 0 Å². The Morgan fingerprint density at radius 2 is 1.43 bits per heavy atom. The fraction of sp³-hybridized carbons (Fsp3) is 0.231. The Balaban J connectivity index is 1.62. The molecule has 3 aromatic carbocycles. The summed E-state index contributed by atoms with van der Waals surface area (Å²) in [5.41, 5.74) is 6.22. The lowest BCUT2D eigenvalue weighted by atomic mass is 9.85. The van der Waals surface area contributed by atoms with Gasteiger partial charge in [-0.3, -0.25) is 4.79 Å². The van der Waals surface area contributed by atoms with Crippen molar-refractivity contribution < 1.29 is 9.90 Å². The second-order valence-electron chi connectivity index (χ2n) is 7.77. The zero-order chi connectivity index (χ0) is 21.0. The SMILES string of the molecule is C/C(=N/NC(=O)C(O)(c1ccccc1)c1ccccc1)c1ccc2c(c1)CCCC2. The molecule has 2 N–H and O–H groups in total. The summed E-state index contributed by atoms with van der Waals surface area (Å²) in [6, 6.07) is 24.3. The number of nitrogens with one attached hydrogen (secondary N) is 1. The van der Waals surface area contributed by atoms with Gasteiger partial charge in [-0.2, -0.15) is 5.10 Å². The van der Waals surface area contributed by atoms with Crippen LogP contribution >= 0.6 is 0 Å². The number of aryl methyl sites for hydroxylation is 2. The molecule has 0 saturated carbocycles. The lowest BCUT2D eigenvalue weighted by Crippen LogP contribution is -2.43. The molecular formula is C26H26N2O2. The van der Waals surface area contributed by atoms with E-state index in [1.54, 1.807) is 48.5 Å². The first kappa shape index (κ1) is 20.0. The molecule has 0 unspecified atom stereocenters. The molecule has 1 amide bonds. The highest BCUT2D eigenvalue weighted by molar-refractivity contribution is 6.00. The van der Waals surface area contributed by atoms with Crippen molar-refractivity contribution >= 4 is 11.6 Å². The summed E-state index contributed by atoms with van der Waals surface area (Å²) < 4.78 is 0. The third-order valence-electron chi connectivity index (χ3n) is 5.80. The van der Waals surface area contributed by atoms with E-state index in [2.05, 4.69) is 28.7 Å². The van der Waals surface area contributed by atoms with Crippen LogP contribution in [0.5, 0.6) is 0 Å². The van der Waals surface area contributed by atoms with Gasteiger partial charge in [-0.1, -0.05) is 72.8 Å². The van der Waals surface area contributed by atoms with E-state index >= 15 is 0 Å². The molecule has 0 spiro atoms. The minimum Gasteiger partial charge on any atom is -0.372 e. The lowest BCUT2D eigenvalue weighted by Gasteiger charge is -2.27. The molecule has 3 aromatic rings. The molecule has 1 aliphatic rings. The van der Waals surface area contributed by atoms with Gasteiger partial charge < -0.3 is 5.11 Å². The van der Waals surface area contributed by atoms with Crippen molar-refractivity contribution in [3.05, 3.63) is 107 Å². The van der Waals surface area contributed by atoms with E-state index in [0.717, 1.165) is 18.4 Å². The summed E-state index contributed by atoms with van der Waals surface area (Å²) in [5.74, 6) is -0.586. The van der Waals surface area contributed by atoms with E-state index < -0.39 is 11.5 Å². The molecule has 0 atom stereocenters. The van der Waals surface area contributed by atoms with Gasteiger partial charge in [0, 0.05) is 0 Å². The number of hydrogen-bond donors (Lipinski definition) is 2. The van der Waals surface area contributed by atoms with Crippen molar-refractivity contribution in [1.29, 1.82) is 0 Å². The predicted octanol–water partition coefficient (Wildman–Crippen LogP) is 4.34. The highest BCUT2D eigenvalue weighted by atomic mass is 16.3. The number of aliphatic hydroxyl groups is 1. The Morgan fingerprint density at radius 1 is 0.867 bits per heavy atom. The second kappa shape index (κ2) is 8.64. The molecule has 4 rings (SSSR count). The van der Waals surface area contributed by atoms with Crippen molar-refractivity contribution in [2.45, 2.75) is 38.2 Å². The second-order valence-corrected chi connectivity index (χ2v) is 7.77. The number of hydrogen-bond acceptors (Lipinski definition) is 3. The maximum Gasteiger partial charge on any atom is 0.281 e.